The van der Waals surface area contributed by atoms with Gasteiger partial charge < -0.3 is 15.7 Å². The monoisotopic (exact) mass is 305 g/mol. The van der Waals surface area contributed by atoms with Crippen LogP contribution in [0.5, 0.6) is 0 Å². The van der Waals surface area contributed by atoms with Crippen molar-refractivity contribution in [3.8, 4) is 0 Å². The van der Waals surface area contributed by atoms with Crippen LogP contribution in [0.1, 0.15) is 24.2 Å². The fourth-order valence-corrected chi connectivity index (χ4v) is 1.41. The van der Waals surface area contributed by atoms with Crippen LogP contribution in [0.3, 0.4) is 0 Å². The lowest BCUT2D eigenvalue weighted by Crippen LogP contribution is -2.36. The molecule has 0 saturated heterocycles. The van der Waals surface area contributed by atoms with Crippen LogP contribution < -0.4 is 10.6 Å². The van der Waals surface area contributed by atoms with Crippen molar-refractivity contribution in [3.05, 3.63) is 29.6 Å². The van der Waals surface area contributed by atoms with Crippen LogP contribution >= 0.6 is 0 Å². The number of nitrogens with one attached hydrogen (secondary N) is 2. The van der Waals surface area contributed by atoms with E-state index in [4.69, 9.17) is 5.11 Å². The minimum absolute atomic E-state index is 0.0739. The van der Waals surface area contributed by atoms with Gasteiger partial charge in [0.1, 0.15) is 5.69 Å². The summed E-state index contributed by atoms with van der Waals surface area (Å²) in [5, 5.41) is 13.1. The van der Waals surface area contributed by atoms with Crippen molar-refractivity contribution >= 4 is 12.0 Å². The predicted octanol–water partition coefficient (Wildman–Crippen LogP) is 1.76. The third-order valence-corrected chi connectivity index (χ3v) is 2.38. The van der Waals surface area contributed by atoms with Gasteiger partial charge in [-0.25, -0.2) is 9.78 Å². The van der Waals surface area contributed by atoms with Gasteiger partial charge in [0.2, 0.25) is 0 Å². The molecule has 0 fully saturated rings. The molecular formula is C12H14F3N3O3. The molecule has 0 aliphatic carbocycles. The molecule has 1 aromatic heterocycles. The lowest BCUT2D eigenvalue weighted by Gasteiger charge is -2.09. The number of hydrogen-bond acceptors (Lipinski definition) is 3. The second kappa shape index (κ2) is 7.46. The van der Waals surface area contributed by atoms with Gasteiger partial charge in [-0.2, -0.15) is 13.2 Å². The summed E-state index contributed by atoms with van der Waals surface area (Å²) < 4.78 is 37.3. The molecule has 0 spiro atoms. The number of hydrogen-bond donors (Lipinski definition) is 3. The molecule has 1 rings (SSSR count). The van der Waals surface area contributed by atoms with Gasteiger partial charge in [-0.05, 0) is 18.6 Å². The maximum absolute atomic E-state index is 12.4. The molecule has 0 unspecified atom stereocenters. The highest BCUT2D eigenvalue weighted by molar-refractivity contribution is 5.73. The molecule has 3 N–H and O–H groups in total. The number of aliphatic carboxylic acids is 1. The molecule has 0 saturated carbocycles. The van der Waals surface area contributed by atoms with E-state index in [9.17, 15) is 22.8 Å². The van der Waals surface area contributed by atoms with Crippen LogP contribution in [0.15, 0.2) is 18.2 Å². The molecule has 1 heterocycles. The largest absolute Gasteiger partial charge is 0.481 e. The van der Waals surface area contributed by atoms with Gasteiger partial charge in [0.05, 0.1) is 12.2 Å². The summed E-state index contributed by atoms with van der Waals surface area (Å²) in [5.41, 5.74) is -0.950. The third kappa shape index (κ3) is 6.59. The summed E-state index contributed by atoms with van der Waals surface area (Å²) in [6.07, 6.45) is -4.34. The molecule has 116 valence electrons. The number of carboxylic acid groups (broad SMARTS) is 1. The molecule has 9 heteroatoms. The van der Waals surface area contributed by atoms with Crippen molar-refractivity contribution in [1.82, 2.24) is 15.6 Å². The first-order chi connectivity index (χ1) is 9.79. The van der Waals surface area contributed by atoms with Crippen LogP contribution in [-0.4, -0.2) is 28.6 Å². The Bertz CT molecular complexity index is 506. The van der Waals surface area contributed by atoms with Gasteiger partial charge in [-0.15, -0.1) is 0 Å². The van der Waals surface area contributed by atoms with Crippen LogP contribution in [-0.2, 0) is 17.5 Å². The SMILES string of the molecule is O=C(O)CCCNC(=O)NCc1cccc(C(F)(F)F)n1. The van der Waals surface area contributed by atoms with Gasteiger partial charge in [0.25, 0.3) is 0 Å². The van der Waals surface area contributed by atoms with Crippen molar-refractivity contribution in [1.29, 1.82) is 0 Å². The van der Waals surface area contributed by atoms with E-state index in [1.54, 1.807) is 0 Å². The first-order valence-corrected chi connectivity index (χ1v) is 6.05. The number of amides is 2. The summed E-state index contributed by atoms with van der Waals surface area (Å²) >= 11 is 0. The Morgan fingerprint density at radius 3 is 2.57 bits per heavy atom. The standard InChI is InChI=1S/C12H14F3N3O3/c13-12(14,15)9-4-1-3-8(18-9)7-17-11(21)16-6-2-5-10(19)20/h1,3-4H,2,5-7H2,(H,19,20)(H2,16,17,21). The number of carbonyl (C=O) groups excluding carboxylic acids is 1. The number of halogens is 3. The fraction of sp³-hybridized carbons (Fsp3) is 0.417. The third-order valence-electron chi connectivity index (χ3n) is 2.38. The Kier molecular flexibility index (Phi) is 5.94. The quantitative estimate of drug-likeness (QED) is 0.698. The molecular weight excluding hydrogens is 291 g/mol. The maximum atomic E-state index is 12.4. The number of alkyl halides is 3. The number of urea groups is 1. The molecule has 0 bridgehead atoms. The minimum Gasteiger partial charge on any atom is -0.481 e. The highest BCUT2D eigenvalue weighted by atomic mass is 19.4. The first kappa shape index (κ1) is 16.7. The van der Waals surface area contributed by atoms with Crippen molar-refractivity contribution in [2.45, 2.75) is 25.6 Å². The van der Waals surface area contributed by atoms with Crippen LogP contribution in [0.2, 0.25) is 0 Å². The Morgan fingerprint density at radius 2 is 1.95 bits per heavy atom. The van der Waals surface area contributed by atoms with Gasteiger partial charge >= 0.3 is 18.2 Å². The Labute approximate surface area is 118 Å². The number of carbonyl (C=O) groups is 2. The lowest BCUT2D eigenvalue weighted by molar-refractivity contribution is -0.141. The predicted molar refractivity (Wildman–Crippen MR) is 66.3 cm³/mol. The van der Waals surface area contributed by atoms with Crippen LogP contribution in [0.25, 0.3) is 0 Å². The zero-order valence-electron chi connectivity index (χ0n) is 10.9. The topological polar surface area (TPSA) is 91.3 Å². The highest BCUT2D eigenvalue weighted by Gasteiger charge is 2.32. The van der Waals surface area contributed by atoms with Gasteiger partial charge in [0, 0.05) is 13.0 Å². The number of pyridine rings is 1. The summed E-state index contributed by atoms with van der Waals surface area (Å²) in [5.74, 6) is -0.967. The summed E-state index contributed by atoms with van der Waals surface area (Å²) in [6.45, 7) is 0.00281. The average Bonchev–Trinajstić information content (AvgIpc) is 2.40. The van der Waals surface area contributed by atoms with Crippen molar-refractivity contribution in [2.24, 2.45) is 0 Å². The van der Waals surface area contributed by atoms with Gasteiger partial charge in [-0.3, -0.25) is 4.79 Å². The second-order valence-electron chi connectivity index (χ2n) is 4.12. The van der Waals surface area contributed by atoms with Gasteiger partial charge in [-0.1, -0.05) is 6.07 Å². The molecule has 0 aromatic carbocycles. The molecule has 2 amide bonds. The van der Waals surface area contributed by atoms with Crippen LogP contribution in [0, 0.1) is 0 Å². The van der Waals surface area contributed by atoms with E-state index in [0.717, 1.165) is 6.07 Å². The minimum atomic E-state index is -4.53. The fourth-order valence-electron chi connectivity index (χ4n) is 1.41. The maximum Gasteiger partial charge on any atom is 0.433 e. The van der Waals surface area contributed by atoms with Crippen molar-refractivity contribution in [2.75, 3.05) is 6.54 Å². The second-order valence-corrected chi connectivity index (χ2v) is 4.12. The molecule has 0 aliphatic heterocycles. The first-order valence-electron chi connectivity index (χ1n) is 6.05. The zero-order chi connectivity index (χ0) is 15.9. The average molecular weight is 305 g/mol. The molecule has 0 atom stereocenters. The van der Waals surface area contributed by atoms with Crippen molar-refractivity contribution < 1.29 is 27.9 Å². The van der Waals surface area contributed by atoms with E-state index in [2.05, 4.69) is 15.6 Å². The Morgan fingerprint density at radius 1 is 1.24 bits per heavy atom. The molecule has 0 aliphatic rings. The van der Waals surface area contributed by atoms with E-state index in [0.29, 0.717) is 0 Å². The number of nitrogens with zero attached hydrogens (tertiary/aromatic N) is 1. The number of rotatable bonds is 6. The molecule has 21 heavy (non-hydrogen) atoms. The smallest absolute Gasteiger partial charge is 0.433 e. The highest BCUT2D eigenvalue weighted by Crippen LogP contribution is 2.27. The lowest BCUT2D eigenvalue weighted by atomic mass is 10.3. The Balaban J connectivity index is 2.38. The van der Waals surface area contributed by atoms with E-state index < -0.39 is 23.9 Å². The van der Waals surface area contributed by atoms with Crippen molar-refractivity contribution in [3.63, 3.8) is 0 Å². The summed E-state index contributed by atoms with van der Waals surface area (Å²) in [7, 11) is 0. The van der Waals surface area contributed by atoms with E-state index in [1.165, 1.54) is 12.1 Å². The summed E-state index contributed by atoms with van der Waals surface area (Å²) in [4.78, 5) is 25.0. The van der Waals surface area contributed by atoms with E-state index >= 15 is 0 Å². The van der Waals surface area contributed by atoms with E-state index in [1.807, 2.05) is 0 Å². The Hall–Kier alpha value is -2.32. The molecule has 6 nitrogen and oxygen atoms in total. The number of carboxylic acids is 1. The summed E-state index contributed by atoms with van der Waals surface area (Å²) in [6, 6.07) is 2.81. The van der Waals surface area contributed by atoms with E-state index in [-0.39, 0.29) is 31.6 Å². The van der Waals surface area contributed by atoms with Gasteiger partial charge in [0.15, 0.2) is 0 Å². The van der Waals surface area contributed by atoms with Crippen LogP contribution in [0.4, 0.5) is 18.0 Å². The molecule has 1 aromatic rings. The number of aromatic nitrogens is 1. The zero-order valence-corrected chi connectivity index (χ0v) is 10.9. The normalized spacial score (nSPS) is 11.0. The molecule has 0 radical (unpaired) electrons.